The van der Waals surface area contributed by atoms with Crippen LogP contribution in [0.1, 0.15) is 15.9 Å². The van der Waals surface area contributed by atoms with Crippen molar-refractivity contribution in [2.75, 3.05) is 0 Å². The first kappa shape index (κ1) is 14.0. The Labute approximate surface area is 133 Å². The maximum Gasteiger partial charge on any atom is 0.339 e. The number of carbonyl (C=O) groups is 1. The van der Waals surface area contributed by atoms with E-state index in [1.54, 1.807) is 10.9 Å². The van der Waals surface area contributed by atoms with E-state index in [4.69, 9.17) is 0 Å². The standard InChI is InChI=1S/C15H11BrN2O2S/c1-9-7-10(16)4-5-12(9)18-8-11(15(19)20)14(17-18)13-3-2-6-21-13/h2-8H,1H3,(H,19,20). The molecule has 0 aliphatic rings. The molecule has 6 heteroatoms. The fourth-order valence-electron chi connectivity index (χ4n) is 2.13. The van der Waals surface area contributed by atoms with Crippen LogP contribution in [0.4, 0.5) is 0 Å². The van der Waals surface area contributed by atoms with Gasteiger partial charge in [0.05, 0.1) is 10.6 Å². The van der Waals surface area contributed by atoms with Gasteiger partial charge in [0.2, 0.25) is 0 Å². The van der Waals surface area contributed by atoms with Crippen LogP contribution in [0.15, 0.2) is 46.4 Å². The molecule has 0 amide bonds. The van der Waals surface area contributed by atoms with Gasteiger partial charge in [-0.25, -0.2) is 9.48 Å². The highest BCUT2D eigenvalue weighted by molar-refractivity contribution is 9.10. The van der Waals surface area contributed by atoms with Crippen molar-refractivity contribution >= 4 is 33.2 Å². The molecule has 3 aromatic rings. The van der Waals surface area contributed by atoms with Crippen molar-refractivity contribution in [2.24, 2.45) is 0 Å². The minimum atomic E-state index is -0.973. The zero-order valence-corrected chi connectivity index (χ0v) is 13.5. The van der Waals surface area contributed by atoms with Crippen LogP contribution >= 0.6 is 27.3 Å². The van der Waals surface area contributed by atoms with Gasteiger partial charge in [-0.05, 0) is 42.1 Å². The smallest absolute Gasteiger partial charge is 0.339 e. The second-order valence-corrected chi connectivity index (χ2v) is 6.41. The molecule has 0 bridgehead atoms. The Balaban J connectivity index is 2.17. The lowest BCUT2D eigenvalue weighted by atomic mass is 10.2. The fourth-order valence-corrected chi connectivity index (χ4v) is 3.32. The molecule has 0 spiro atoms. The number of nitrogens with zero attached hydrogens (tertiary/aromatic N) is 2. The molecule has 0 aliphatic carbocycles. The third-order valence-electron chi connectivity index (χ3n) is 3.10. The fraction of sp³-hybridized carbons (Fsp3) is 0.0667. The van der Waals surface area contributed by atoms with Gasteiger partial charge in [-0.2, -0.15) is 5.10 Å². The molecule has 2 aromatic heterocycles. The SMILES string of the molecule is Cc1cc(Br)ccc1-n1cc(C(=O)O)c(-c2cccs2)n1. The van der Waals surface area contributed by atoms with Crippen LogP contribution in [0.3, 0.4) is 0 Å². The zero-order valence-electron chi connectivity index (χ0n) is 11.1. The number of aryl methyl sites for hydroxylation is 1. The van der Waals surface area contributed by atoms with Gasteiger partial charge >= 0.3 is 5.97 Å². The molecule has 0 saturated carbocycles. The van der Waals surface area contributed by atoms with E-state index in [9.17, 15) is 9.90 Å². The molecule has 4 nitrogen and oxygen atoms in total. The molecule has 0 fully saturated rings. The van der Waals surface area contributed by atoms with Crippen LogP contribution < -0.4 is 0 Å². The lowest BCUT2D eigenvalue weighted by Gasteiger charge is -2.05. The third-order valence-corrected chi connectivity index (χ3v) is 4.47. The highest BCUT2D eigenvalue weighted by atomic mass is 79.9. The van der Waals surface area contributed by atoms with Gasteiger partial charge in [-0.1, -0.05) is 22.0 Å². The normalized spacial score (nSPS) is 10.8. The Morgan fingerprint density at radius 3 is 2.81 bits per heavy atom. The molecule has 2 heterocycles. The van der Waals surface area contributed by atoms with E-state index in [1.165, 1.54) is 11.3 Å². The topological polar surface area (TPSA) is 55.1 Å². The predicted molar refractivity (Wildman–Crippen MR) is 86.3 cm³/mol. The number of benzene rings is 1. The number of rotatable bonds is 3. The molecular weight excluding hydrogens is 352 g/mol. The molecule has 0 aliphatic heterocycles. The van der Waals surface area contributed by atoms with Crippen LogP contribution in [0.25, 0.3) is 16.3 Å². The van der Waals surface area contributed by atoms with Crippen molar-refractivity contribution in [3.63, 3.8) is 0 Å². The summed E-state index contributed by atoms with van der Waals surface area (Å²) in [4.78, 5) is 12.3. The van der Waals surface area contributed by atoms with Crippen molar-refractivity contribution in [2.45, 2.75) is 6.92 Å². The van der Waals surface area contributed by atoms with E-state index in [0.29, 0.717) is 5.69 Å². The van der Waals surface area contributed by atoms with E-state index in [1.807, 2.05) is 42.6 Å². The minimum Gasteiger partial charge on any atom is -0.478 e. The van der Waals surface area contributed by atoms with Crippen LogP contribution in [0.2, 0.25) is 0 Å². The van der Waals surface area contributed by atoms with Gasteiger partial charge in [0.1, 0.15) is 11.3 Å². The summed E-state index contributed by atoms with van der Waals surface area (Å²) in [7, 11) is 0. The Morgan fingerprint density at radius 1 is 1.38 bits per heavy atom. The summed E-state index contributed by atoms with van der Waals surface area (Å²) in [6, 6.07) is 9.56. The second kappa shape index (κ2) is 5.46. The highest BCUT2D eigenvalue weighted by Crippen LogP contribution is 2.28. The first-order valence-corrected chi connectivity index (χ1v) is 7.87. The number of carboxylic acids is 1. The van der Waals surface area contributed by atoms with Gasteiger partial charge in [0, 0.05) is 10.7 Å². The molecule has 3 rings (SSSR count). The van der Waals surface area contributed by atoms with Crippen LogP contribution in [-0.4, -0.2) is 20.9 Å². The second-order valence-electron chi connectivity index (χ2n) is 4.55. The molecular formula is C15H11BrN2O2S. The van der Waals surface area contributed by atoms with E-state index < -0.39 is 5.97 Å². The van der Waals surface area contributed by atoms with Crippen molar-refractivity contribution in [3.8, 4) is 16.3 Å². The monoisotopic (exact) mass is 362 g/mol. The molecule has 0 radical (unpaired) electrons. The van der Waals surface area contributed by atoms with E-state index in [0.717, 1.165) is 20.6 Å². The average molecular weight is 363 g/mol. The van der Waals surface area contributed by atoms with Crippen molar-refractivity contribution in [3.05, 3.63) is 57.5 Å². The predicted octanol–water partition coefficient (Wildman–Crippen LogP) is 4.37. The molecule has 21 heavy (non-hydrogen) atoms. The van der Waals surface area contributed by atoms with Gasteiger partial charge < -0.3 is 5.11 Å². The van der Waals surface area contributed by atoms with Gasteiger partial charge in [-0.15, -0.1) is 11.3 Å². The molecule has 0 saturated heterocycles. The Hall–Kier alpha value is -1.92. The number of aromatic carboxylic acids is 1. The van der Waals surface area contributed by atoms with E-state index >= 15 is 0 Å². The maximum atomic E-state index is 11.4. The van der Waals surface area contributed by atoms with Crippen LogP contribution in [0.5, 0.6) is 0 Å². The summed E-state index contributed by atoms with van der Waals surface area (Å²) in [6.45, 7) is 1.97. The van der Waals surface area contributed by atoms with Crippen molar-refractivity contribution < 1.29 is 9.90 Å². The van der Waals surface area contributed by atoms with Crippen LogP contribution in [-0.2, 0) is 0 Å². The van der Waals surface area contributed by atoms with E-state index in [2.05, 4.69) is 21.0 Å². The zero-order chi connectivity index (χ0) is 15.0. The summed E-state index contributed by atoms with van der Waals surface area (Å²) in [6.07, 6.45) is 1.56. The third kappa shape index (κ3) is 2.64. The van der Waals surface area contributed by atoms with Gasteiger partial charge in [0.15, 0.2) is 0 Å². The highest BCUT2D eigenvalue weighted by Gasteiger charge is 2.19. The van der Waals surface area contributed by atoms with Gasteiger partial charge in [-0.3, -0.25) is 0 Å². The molecule has 1 N–H and O–H groups in total. The first-order chi connectivity index (χ1) is 10.1. The summed E-state index contributed by atoms with van der Waals surface area (Å²) in [5.74, 6) is -0.973. The maximum absolute atomic E-state index is 11.4. The van der Waals surface area contributed by atoms with E-state index in [-0.39, 0.29) is 5.56 Å². The number of hydrogen-bond acceptors (Lipinski definition) is 3. The molecule has 0 atom stereocenters. The summed E-state index contributed by atoms with van der Waals surface area (Å²) in [5.41, 5.74) is 2.59. The summed E-state index contributed by atoms with van der Waals surface area (Å²) in [5, 5.41) is 15.8. The van der Waals surface area contributed by atoms with Crippen LogP contribution in [0, 0.1) is 6.92 Å². The average Bonchev–Trinajstić information content (AvgIpc) is 3.07. The number of carboxylic acid groups (broad SMARTS) is 1. The lowest BCUT2D eigenvalue weighted by Crippen LogP contribution is -1.98. The minimum absolute atomic E-state index is 0.208. The Bertz CT molecular complexity index is 809. The Morgan fingerprint density at radius 2 is 2.19 bits per heavy atom. The number of aromatic nitrogens is 2. The quantitative estimate of drug-likeness (QED) is 0.752. The number of thiophene rings is 1. The number of hydrogen-bond donors (Lipinski definition) is 1. The number of halogens is 1. The lowest BCUT2D eigenvalue weighted by molar-refractivity contribution is 0.0697. The Kier molecular flexibility index (Phi) is 3.65. The first-order valence-electron chi connectivity index (χ1n) is 6.19. The van der Waals surface area contributed by atoms with Gasteiger partial charge in [0.25, 0.3) is 0 Å². The summed E-state index contributed by atoms with van der Waals surface area (Å²) >= 11 is 4.90. The largest absolute Gasteiger partial charge is 0.478 e. The summed E-state index contributed by atoms with van der Waals surface area (Å²) < 4.78 is 2.60. The van der Waals surface area contributed by atoms with Crippen molar-refractivity contribution in [1.82, 2.24) is 9.78 Å². The molecule has 0 unspecified atom stereocenters. The molecule has 1 aromatic carbocycles. The van der Waals surface area contributed by atoms with Crippen molar-refractivity contribution in [1.29, 1.82) is 0 Å². The molecule has 106 valence electrons.